The minimum atomic E-state index is 0.0806. The molecule has 1 fully saturated rings. The predicted molar refractivity (Wildman–Crippen MR) is 104 cm³/mol. The summed E-state index contributed by atoms with van der Waals surface area (Å²) in [5.74, 6) is 2.47. The number of pyridine rings is 1. The topological polar surface area (TPSA) is 72.7 Å². The normalized spacial score (nSPS) is 23.0. The van der Waals surface area contributed by atoms with E-state index in [0.717, 1.165) is 29.5 Å². The van der Waals surface area contributed by atoms with Crippen LogP contribution in [-0.4, -0.2) is 37.5 Å². The van der Waals surface area contributed by atoms with Crippen LogP contribution < -0.4 is 5.32 Å². The summed E-state index contributed by atoms with van der Waals surface area (Å²) < 4.78 is 2.04. The summed E-state index contributed by atoms with van der Waals surface area (Å²) in [6.07, 6.45) is 7.04. The Balaban J connectivity index is 1.61. The molecular weight excluding hydrogens is 346 g/mol. The van der Waals surface area contributed by atoms with Gasteiger partial charge in [0.05, 0.1) is 5.75 Å². The molecule has 0 radical (unpaired) electrons. The molecule has 26 heavy (non-hydrogen) atoms. The first-order valence-electron chi connectivity index (χ1n) is 9.36. The lowest BCUT2D eigenvalue weighted by atomic mass is 9.78. The van der Waals surface area contributed by atoms with Crippen molar-refractivity contribution in [1.29, 1.82) is 0 Å². The Morgan fingerprint density at radius 2 is 2.04 bits per heavy atom. The van der Waals surface area contributed by atoms with Crippen LogP contribution in [0.15, 0.2) is 29.7 Å². The fraction of sp³-hybridized carbons (Fsp3) is 0.579. The lowest BCUT2D eigenvalue weighted by Gasteiger charge is -2.34. The smallest absolute Gasteiger partial charge is 0.230 e. The second kappa shape index (κ2) is 8.66. The highest BCUT2D eigenvalue weighted by atomic mass is 32.2. The van der Waals surface area contributed by atoms with Crippen molar-refractivity contribution in [1.82, 2.24) is 25.1 Å². The summed E-state index contributed by atoms with van der Waals surface area (Å²) in [5.41, 5.74) is 0.982. The van der Waals surface area contributed by atoms with Crippen molar-refractivity contribution in [2.24, 2.45) is 11.8 Å². The predicted octanol–water partition coefficient (Wildman–Crippen LogP) is 3.39. The molecule has 7 heteroatoms. The number of nitrogens with zero attached hydrogens (tertiary/aromatic N) is 4. The summed E-state index contributed by atoms with van der Waals surface area (Å²) in [6, 6.07) is 4.13. The summed E-state index contributed by atoms with van der Waals surface area (Å²) in [7, 11) is 0. The Hall–Kier alpha value is -1.89. The average Bonchev–Trinajstić information content (AvgIpc) is 3.07. The number of hydrogen-bond acceptors (Lipinski definition) is 5. The highest BCUT2D eigenvalue weighted by molar-refractivity contribution is 7.99. The van der Waals surface area contributed by atoms with Crippen molar-refractivity contribution < 1.29 is 4.79 Å². The first-order chi connectivity index (χ1) is 12.6. The van der Waals surface area contributed by atoms with Crippen LogP contribution in [0.3, 0.4) is 0 Å². The molecule has 0 bridgehead atoms. The van der Waals surface area contributed by atoms with Crippen LogP contribution in [-0.2, 0) is 11.3 Å². The molecule has 0 aromatic carbocycles. The van der Waals surface area contributed by atoms with E-state index in [1.165, 1.54) is 24.6 Å². The van der Waals surface area contributed by atoms with E-state index >= 15 is 0 Å². The van der Waals surface area contributed by atoms with Gasteiger partial charge < -0.3 is 9.88 Å². The van der Waals surface area contributed by atoms with E-state index in [1.807, 2.05) is 16.7 Å². The Labute approximate surface area is 159 Å². The second-order valence-electron chi connectivity index (χ2n) is 7.02. The number of amides is 1. The fourth-order valence-corrected chi connectivity index (χ4v) is 4.37. The molecule has 1 N–H and O–H groups in total. The maximum Gasteiger partial charge on any atom is 0.230 e. The Bertz CT molecular complexity index is 733. The summed E-state index contributed by atoms with van der Waals surface area (Å²) in [4.78, 5) is 16.5. The Morgan fingerprint density at radius 3 is 2.77 bits per heavy atom. The zero-order chi connectivity index (χ0) is 18.5. The molecule has 3 rings (SSSR count). The monoisotopic (exact) mass is 373 g/mol. The number of carbonyl (C=O) groups is 1. The number of aromatic nitrogens is 4. The van der Waals surface area contributed by atoms with Gasteiger partial charge in [0.1, 0.15) is 0 Å². The SMILES string of the molecule is CCn1c(SCC(=O)N[C@H]2CCC[C@@H](C)[C@@H]2C)nnc1-c1ccncc1. The molecule has 1 amide bonds. The molecular formula is C19H27N5OS. The molecule has 2 aromatic heterocycles. The highest BCUT2D eigenvalue weighted by Crippen LogP contribution is 2.29. The van der Waals surface area contributed by atoms with Crippen molar-refractivity contribution in [3.05, 3.63) is 24.5 Å². The van der Waals surface area contributed by atoms with Crippen molar-refractivity contribution in [2.45, 2.75) is 57.8 Å². The van der Waals surface area contributed by atoms with Crippen molar-refractivity contribution >= 4 is 17.7 Å². The first-order valence-corrected chi connectivity index (χ1v) is 10.3. The molecule has 1 aliphatic rings. The number of nitrogens with one attached hydrogen (secondary N) is 1. The van der Waals surface area contributed by atoms with E-state index in [-0.39, 0.29) is 5.91 Å². The standard InChI is InChI=1S/C19H27N5OS/c1-4-24-18(15-8-10-20-11-9-15)22-23-19(24)26-12-17(25)21-16-7-5-6-13(2)14(16)3/h8-11,13-14,16H,4-7,12H2,1-3H3,(H,21,25)/t13-,14+,16+/m1/s1. The van der Waals surface area contributed by atoms with Gasteiger partial charge in [0, 0.05) is 30.5 Å². The van der Waals surface area contributed by atoms with Crippen LogP contribution in [0.2, 0.25) is 0 Å². The quantitative estimate of drug-likeness (QED) is 0.786. The number of thioether (sulfide) groups is 1. The third kappa shape index (κ3) is 4.26. The molecule has 0 unspecified atom stereocenters. The van der Waals surface area contributed by atoms with Gasteiger partial charge in [-0.1, -0.05) is 38.5 Å². The third-order valence-corrected chi connectivity index (χ3v) is 6.32. The number of hydrogen-bond donors (Lipinski definition) is 1. The molecule has 2 aromatic rings. The minimum Gasteiger partial charge on any atom is -0.352 e. The van der Waals surface area contributed by atoms with Crippen molar-refractivity contribution in [2.75, 3.05) is 5.75 Å². The fourth-order valence-electron chi connectivity index (χ4n) is 3.56. The van der Waals surface area contributed by atoms with Gasteiger partial charge in [-0.3, -0.25) is 9.78 Å². The van der Waals surface area contributed by atoms with Gasteiger partial charge in [-0.15, -0.1) is 10.2 Å². The molecule has 0 spiro atoms. The average molecular weight is 374 g/mol. The molecule has 140 valence electrons. The molecule has 1 aliphatic carbocycles. The van der Waals surface area contributed by atoms with Crippen LogP contribution >= 0.6 is 11.8 Å². The lowest BCUT2D eigenvalue weighted by Crippen LogP contribution is -2.44. The molecule has 6 nitrogen and oxygen atoms in total. The van der Waals surface area contributed by atoms with Gasteiger partial charge in [-0.2, -0.15) is 0 Å². The second-order valence-corrected chi connectivity index (χ2v) is 7.96. The van der Waals surface area contributed by atoms with Gasteiger partial charge in [-0.05, 0) is 37.3 Å². The molecule has 3 atom stereocenters. The maximum absolute atomic E-state index is 12.4. The highest BCUT2D eigenvalue weighted by Gasteiger charge is 2.28. The van der Waals surface area contributed by atoms with E-state index in [4.69, 9.17) is 0 Å². The molecule has 0 aliphatic heterocycles. The Kier molecular flexibility index (Phi) is 6.29. The molecule has 0 saturated heterocycles. The maximum atomic E-state index is 12.4. The van der Waals surface area contributed by atoms with Crippen LogP contribution in [0.5, 0.6) is 0 Å². The number of carbonyl (C=O) groups excluding carboxylic acids is 1. The van der Waals surface area contributed by atoms with Gasteiger partial charge >= 0.3 is 0 Å². The van der Waals surface area contributed by atoms with Crippen molar-refractivity contribution in [3.8, 4) is 11.4 Å². The summed E-state index contributed by atoms with van der Waals surface area (Å²) >= 11 is 1.45. The van der Waals surface area contributed by atoms with Crippen LogP contribution in [0.1, 0.15) is 40.0 Å². The van der Waals surface area contributed by atoms with Crippen LogP contribution in [0, 0.1) is 11.8 Å². The van der Waals surface area contributed by atoms with Crippen LogP contribution in [0.25, 0.3) is 11.4 Å². The van der Waals surface area contributed by atoms with Crippen LogP contribution in [0.4, 0.5) is 0 Å². The van der Waals surface area contributed by atoms with E-state index in [9.17, 15) is 4.79 Å². The van der Waals surface area contributed by atoms with Gasteiger partial charge in [-0.25, -0.2) is 0 Å². The van der Waals surface area contributed by atoms with Gasteiger partial charge in [0.25, 0.3) is 0 Å². The zero-order valence-electron chi connectivity index (χ0n) is 15.7. The van der Waals surface area contributed by atoms with E-state index in [1.54, 1.807) is 12.4 Å². The minimum absolute atomic E-state index is 0.0806. The summed E-state index contributed by atoms with van der Waals surface area (Å²) in [5, 5.41) is 12.6. The number of rotatable bonds is 6. The van der Waals surface area contributed by atoms with E-state index < -0.39 is 0 Å². The first kappa shape index (κ1) is 18.9. The summed E-state index contributed by atoms with van der Waals surface area (Å²) in [6.45, 7) is 7.34. The molecule has 1 saturated carbocycles. The van der Waals surface area contributed by atoms with Crippen molar-refractivity contribution in [3.63, 3.8) is 0 Å². The van der Waals surface area contributed by atoms with E-state index in [2.05, 4.69) is 41.3 Å². The zero-order valence-corrected chi connectivity index (χ0v) is 16.5. The lowest BCUT2D eigenvalue weighted by molar-refractivity contribution is -0.120. The van der Waals surface area contributed by atoms with Gasteiger partial charge in [0.2, 0.25) is 5.91 Å². The molecule has 2 heterocycles. The Morgan fingerprint density at radius 1 is 1.27 bits per heavy atom. The largest absolute Gasteiger partial charge is 0.352 e. The third-order valence-electron chi connectivity index (χ3n) is 5.36. The van der Waals surface area contributed by atoms with E-state index in [0.29, 0.717) is 23.6 Å². The van der Waals surface area contributed by atoms with Gasteiger partial charge in [0.15, 0.2) is 11.0 Å².